The van der Waals surface area contributed by atoms with Crippen LogP contribution in [0.25, 0.3) is 0 Å². The van der Waals surface area contributed by atoms with Gasteiger partial charge in [-0.25, -0.2) is 0 Å². The normalized spacial score (nSPS) is 10.3. The highest BCUT2D eigenvalue weighted by atomic mass is 35.5. The Hall–Kier alpha value is -1.80. The summed E-state index contributed by atoms with van der Waals surface area (Å²) in [7, 11) is 0. The van der Waals surface area contributed by atoms with Crippen LogP contribution in [0.2, 0.25) is 5.02 Å². The van der Waals surface area contributed by atoms with Gasteiger partial charge < -0.3 is 10.5 Å². The third kappa shape index (κ3) is 3.11. The van der Waals surface area contributed by atoms with E-state index in [2.05, 4.69) is 0 Å². The van der Waals surface area contributed by atoms with E-state index in [1.165, 1.54) is 11.6 Å². The summed E-state index contributed by atoms with van der Waals surface area (Å²) in [5, 5.41) is 18.2. The minimum Gasteiger partial charge on any atom is -0.507 e. The molecule has 18 heavy (non-hydrogen) atoms. The van der Waals surface area contributed by atoms with Crippen molar-refractivity contribution in [3.05, 3.63) is 64.7 Å². The third-order valence-electron chi connectivity index (χ3n) is 2.79. The van der Waals surface area contributed by atoms with Gasteiger partial charge in [0.1, 0.15) is 5.75 Å². The topological polar surface area (TPSA) is 44.1 Å². The molecule has 0 amide bonds. The van der Waals surface area contributed by atoms with E-state index in [0.29, 0.717) is 22.7 Å². The first-order valence-electron chi connectivity index (χ1n) is 5.77. The molecule has 0 unspecified atom stereocenters. The molecule has 0 spiro atoms. The fourth-order valence-electron chi connectivity index (χ4n) is 1.81. The molecule has 0 aromatic heterocycles. The van der Waals surface area contributed by atoms with Gasteiger partial charge in [0.25, 0.3) is 0 Å². The quantitative estimate of drug-likeness (QED) is 0.800. The van der Waals surface area contributed by atoms with Crippen molar-refractivity contribution in [2.45, 2.75) is 12.8 Å². The van der Waals surface area contributed by atoms with Crippen LogP contribution >= 0.6 is 11.6 Å². The smallest absolute Gasteiger partial charge is 0.126 e. The fraction of sp³-hybridized carbons (Fsp3) is 0.133. The summed E-state index contributed by atoms with van der Waals surface area (Å²) in [6, 6.07) is 14.9. The van der Waals surface area contributed by atoms with Crippen LogP contribution in [-0.4, -0.2) is 10.8 Å². The molecule has 0 aliphatic carbocycles. The zero-order valence-corrected chi connectivity index (χ0v) is 10.6. The lowest BCUT2D eigenvalue weighted by Crippen LogP contribution is -2.01. The van der Waals surface area contributed by atoms with Crippen molar-refractivity contribution in [2.75, 3.05) is 0 Å². The van der Waals surface area contributed by atoms with Gasteiger partial charge in [0.15, 0.2) is 0 Å². The molecular weight excluding hydrogens is 246 g/mol. The maximum absolute atomic E-state index is 9.73. The largest absolute Gasteiger partial charge is 0.507 e. The van der Waals surface area contributed by atoms with Gasteiger partial charge in [0.2, 0.25) is 0 Å². The highest BCUT2D eigenvalue weighted by Gasteiger charge is 2.07. The molecule has 2 N–H and O–H groups in total. The molecule has 0 aliphatic rings. The second kappa shape index (κ2) is 5.69. The number of hydrogen-bond donors (Lipinski definition) is 2. The average Bonchev–Trinajstić information content (AvgIpc) is 2.37. The van der Waals surface area contributed by atoms with Crippen LogP contribution in [-0.2, 0) is 6.42 Å². The second-order valence-electron chi connectivity index (χ2n) is 4.13. The first kappa shape index (κ1) is 12.7. The van der Waals surface area contributed by atoms with Gasteiger partial charge in [0, 0.05) is 16.3 Å². The van der Waals surface area contributed by atoms with Gasteiger partial charge >= 0.3 is 0 Å². The van der Waals surface area contributed by atoms with E-state index < -0.39 is 0 Å². The molecule has 2 aromatic carbocycles. The van der Waals surface area contributed by atoms with Gasteiger partial charge in [-0.1, -0.05) is 41.9 Å². The molecule has 0 radical (unpaired) electrons. The second-order valence-corrected chi connectivity index (χ2v) is 4.56. The van der Waals surface area contributed by atoms with Crippen LogP contribution in [0.3, 0.4) is 0 Å². The maximum atomic E-state index is 9.73. The van der Waals surface area contributed by atoms with E-state index in [-0.39, 0.29) is 5.75 Å². The molecule has 0 heterocycles. The Morgan fingerprint density at radius 3 is 2.50 bits per heavy atom. The maximum Gasteiger partial charge on any atom is 0.126 e. The fourth-order valence-corrected chi connectivity index (χ4v) is 1.98. The highest BCUT2D eigenvalue weighted by molar-refractivity contribution is 6.30. The van der Waals surface area contributed by atoms with E-state index in [1.54, 1.807) is 12.1 Å². The van der Waals surface area contributed by atoms with Gasteiger partial charge in [-0.2, -0.15) is 0 Å². The van der Waals surface area contributed by atoms with Crippen LogP contribution < -0.4 is 0 Å². The number of rotatable bonds is 4. The SMILES string of the molecule is N=C(CCc1ccccc1)c1ccc(Cl)cc1O. The molecule has 0 bridgehead atoms. The summed E-state index contributed by atoms with van der Waals surface area (Å²) >= 11 is 5.76. The van der Waals surface area contributed by atoms with Gasteiger partial charge in [-0.3, -0.25) is 0 Å². The van der Waals surface area contributed by atoms with E-state index in [4.69, 9.17) is 17.0 Å². The van der Waals surface area contributed by atoms with E-state index >= 15 is 0 Å². The molecule has 0 atom stereocenters. The number of aromatic hydroxyl groups is 1. The van der Waals surface area contributed by atoms with Crippen molar-refractivity contribution in [2.24, 2.45) is 0 Å². The number of phenolic OH excluding ortho intramolecular Hbond substituents is 1. The lowest BCUT2D eigenvalue weighted by molar-refractivity contribution is 0.474. The monoisotopic (exact) mass is 259 g/mol. The Morgan fingerprint density at radius 1 is 1.11 bits per heavy atom. The van der Waals surface area contributed by atoms with Crippen LogP contribution in [0.4, 0.5) is 0 Å². The van der Waals surface area contributed by atoms with Gasteiger partial charge in [-0.15, -0.1) is 0 Å². The van der Waals surface area contributed by atoms with Crippen molar-refractivity contribution >= 4 is 17.3 Å². The van der Waals surface area contributed by atoms with E-state index in [0.717, 1.165) is 6.42 Å². The predicted octanol–water partition coefficient (Wildman–Crippen LogP) is 4.05. The Balaban J connectivity index is 2.04. The van der Waals surface area contributed by atoms with Crippen molar-refractivity contribution in [3.63, 3.8) is 0 Å². The minimum atomic E-state index is 0.0700. The minimum absolute atomic E-state index is 0.0700. The Morgan fingerprint density at radius 2 is 1.83 bits per heavy atom. The molecule has 3 heteroatoms. The lowest BCUT2D eigenvalue weighted by Gasteiger charge is -2.07. The van der Waals surface area contributed by atoms with Crippen LogP contribution in [0.15, 0.2) is 48.5 Å². The zero-order chi connectivity index (χ0) is 13.0. The first-order chi connectivity index (χ1) is 8.66. The van der Waals surface area contributed by atoms with E-state index in [1.807, 2.05) is 30.3 Å². The highest BCUT2D eigenvalue weighted by Crippen LogP contribution is 2.23. The first-order valence-corrected chi connectivity index (χ1v) is 6.15. The molecule has 0 saturated carbocycles. The number of aryl methyl sites for hydroxylation is 1. The number of halogens is 1. The lowest BCUT2D eigenvalue weighted by atomic mass is 10.0. The molecule has 92 valence electrons. The summed E-state index contributed by atoms with van der Waals surface area (Å²) in [6.07, 6.45) is 1.39. The summed E-state index contributed by atoms with van der Waals surface area (Å²) in [4.78, 5) is 0. The Labute approximate surface area is 111 Å². The van der Waals surface area contributed by atoms with Crippen LogP contribution in [0.1, 0.15) is 17.5 Å². The summed E-state index contributed by atoms with van der Waals surface area (Å²) in [5.41, 5.74) is 2.17. The summed E-state index contributed by atoms with van der Waals surface area (Å²) < 4.78 is 0. The molecule has 2 rings (SSSR count). The number of phenols is 1. The standard InChI is InChI=1S/C15H14ClNO/c16-12-7-8-13(15(18)10-12)14(17)9-6-11-4-2-1-3-5-11/h1-5,7-8,10,17-18H,6,9H2. The van der Waals surface area contributed by atoms with Crippen molar-refractivity contribution < 1.29 is 5.11 Å². The molecule has 0 aliphatic heterocycles. The van der Waals surface area contributed by atoms with E-state index in [9.17, 15) is 5.11 Å². The predicted molar refractivity (Wildman–Crippen MR) is 74.7 cm³/mol. The van der Waals surface area contributed by atoms with Gasteiger partial charge in [0.05, 0.1) is 0 Å². The number of nitrogens with one attached hydrogen (secondary N) is 1. The van der Waals surface area contributed by atoms with Gasteiger partial charge in [-0.05, 0) is 36.6 Å². The van der Waals surface area contributed by atoms with Crippen LogP contribution in [0, 0.1) is 5.41 Å². The van der Waals surface area contributed by atoms with Crippen molar-refractivity contribution in [1.82, 2.24) is 0 Å². The molecule has 2 nitrogen and oxygen atoms in total. The Bertz CT molecular complexity index is 552. The molecule has 2 aromatic rings. The van der Waals surface area contributed by atoms with Crippen molar-refractivity contribution in [1.29, 1.82) is 5.41 Å². The third-order valence-corrected chi connectivity index (χ3v) is 3.03. The van der Waals surface area contributed by atoms with Crippen LogP contribution in [0.5, 0.6) is 5.75 Å². The molecular formula is C15H14ClNO. The number of hydrogen-bond acceptors (Lipinski definition) is 2. The van der Waals surface area contributed by atoms with Crippen molar-refractivity contribution in [3.8, 4) is 5.75 Å². The summed E-state index contributed by atoms with van der Waals surface area (Å²) in [6.45, 7) is 0. The number of benzene rings is 2. The molecule has 0 fully saturated rings. The average molecular weight is 260 g/mol. The summed E-state index contributed by atoms with van der Waals surface area (Å²) in [5.74, 6) is 0.0700. The zero-order valence-electron chi connectivity index (χ0n) is 9.86. The Kier molecular flexibility index (Phi) is 4.00. The molecule has 0 saturated heterocycles.